The maximum absolute atomic E-state index is 13.1. The highest BCUT2D eigenvalue weighted by molar-refractivity contribution is 6.05. The molecule has 1 aliphatic rings. The Morgan fingerprint density at radius 3 is 2.34 bits per heavy atom. The van der Waals surface area contributed by atoms with Crippen LogP contribution in [-0.2, 0) is 27.7 Å². The zero-order valence-corrected chi connectivity index (χ0v) is 21.1. The van der Waals surface area contributed by atoms with E-state index in [1.165, 1.54) is 53.0 Å². The number of carbonyl (C=O) groups excluding carboxylic acids is 1. The Kier molecular flexibility index (Phi) is 6.80. The number of fused-ring (bicyclic) bond motifs is 1. The summed E-state index contributed by atoms with van der Waals surface area (Å²) in [4.78, 5) is 53.3. The van der Waals surface area contributed by atoms with Crippen molar-refractivity contribution in [2.45, 2.75) is 33.2 Å². The van der Waals surface area contributed by atoms with Crippen LogP contribution in [0.1, 0.15) is 39.9 Å². The Bertz CT molecular complexity index is 1470. The molecule has 1 aliphatic heterocycles. The highest BCUT2D eigenvalue weighted by Crippen LogP contribution is 2.21. The molecule has 1 amide bonds. The summed E-state index contributed by atoms with van der Waals surface area (Å²) in [6.45, 7) is 7.55. The van der Waals surface area contributed by atoms with Crippen LogP contribution in [0.4, 0.5) is 0 Å². The van der Waals surface area contributed by atoms with Gasteiger partial charge in [-0.25, -0.2) is 4.79 Å². The minimum Gasteiger partial charge on any atom is -0.352 e. The summed E-state index contributed by atoms with van der Waals surface area (Å²) in [7, 11) is 4.33. The number of carbonyl (C=O) groups is 1. The summed E-state index contributed by atoms with van der Waals surface area (Å²) in [6, 6.07) is 7.72. The average molecular weight is 480 g/mol. The number of nitrogens with one attached hydrogen (secondary N) is 1. The standard InChI is InChI=1S/C26H33N5O4/c1-16-6-7-17(2)19(12-16)15-31-10-8-18(9-11-31)14-27-23(33)20-13-21(32)28(3)24-22(20)25(34)30(5)26(35)29(24)4/h6-7,12-13,18H,8-11,14-15H2,1-5H3,(H,27,33). The minimum atomic E-state index is -0.594. The number of nitrogens with zero attached hydrogens (tertiary/aromatic N) is 4. The predicted molar refractivity (Wildman–Crippen MR) is 136 cm³/mol. The maximum Gasteiger partial charge on any atom is 0.332 e. The van der Waals surface area contributed by atoms with Crippen molar-refractivity contribution in [3.05, 3.63) is 77.7 Å². The fraction of sp³-hybridized carbons (Fsp3) is 0.462. The highest BCUT2D eigenvalue weighted by Gasteiger charge is 2.23. The molecule has 35 heavy (non-hydrogen) atoms. The summed E-state index contributed by atoms with van der Waals surface area (Å²) in [5, 5.41) is 3.00. The van der Waals surface area contributed by atoms with E-state index < -0.39 is 22.7 Å². The average Bonchev–Trinajstić information content (AvgIpc) is 2.84. The first-order chi connectivity index (χ1) is 16.6. The molecule has 2 aromatic heterocycles. The number of amides is 1. The fourth-order valence-electron chi connectivity index (χ4n) is 4.93. The van der Waals surface area contributed by atoms with Crippen molar-refractivity contribution in [2.24, 2.45) is 27.1 Å². The number of likely N-dealkylation sites (tertiary alicyclic amines) is 1. The molecule has 0 aliphatic carbocycles. The van der Waals surface area contributed by atoms with Gasteiger partial charge in [0, 0.05) is 40.3 Å². The van der Waals surface area contributed by atoms with Gasteiger partial charge in [0.1, 0.15) is 5.65 Å². The van der Waals surface area contributed by atoms with Gasteiger partial charge < -0.3 is 5.32 Å². The van der Waals surface area contributed by atoms with Crippen LogP contribution in [0, 0.1) is 19.8 Å². The lowest BCUT2D eigenvalue weighted by atomic mass is 9.95. The van der Waals surface area contributed by atoms with E-state index in [2.05, 4.69) is 42.3 Å². The molecule has 3 heterocycles. The van der Waals surface area contributed by atoms with E-state index >= 15 is 0 Å². The van der Waals surface area contributed by atoms with Crippen molar-refractivity contribution < 1.29 is 4.79 Å². The zero-order valence-electron chi connectivity index (χ0n) is 21.1. The number of rotatable bonds is 5. The van der Waals surface area contributed by atoms with Gasteiger partial charge >= 0.3 is 5.69 Å². The Balaban J connectivity index is 1.46. The van der Waals surface area contributed by atoms with Crippen molar-refractivity contribution in [1.29, 1.82) is 0 Å². The molecule has 0 atom stereocenters. The van der Waals surface area contributed by atoms with E-state index in [0.29, 0.717) is 12.5 Å². The van der Waals surface area contributed by atoms with E-state index in [9.17, 15) is 19.2 Å². The SMILES string of the molecule is Cc1ccc(C)c(CN2CCC(CNC(=O)c3cc(=O)n(C)c4c3c(=O)n(C)c(=O)n4C)CC2)c1. The first kappa shape index (κ1) is 24.7. The van der Waals surface area contributed by atoms with Crippen LogP contribution in [0.5, 0.6) is 0 Å². The first-order valence-corrected chi connectivity index (χ1v) is 11.9. The monoisotopic (exact) mass is 479 g/mol. The van der Waals surface area contributed by atoms with E-state index in [4.69, 9.17) is 0 Å². The number of piperidine rings is 1. The molecule has 9 heteroatoms. The lowest BCUT2D eigenvalue weighted by molar-refractivity contribution is 0.0936. The van der Waals surface area contributed by atoms with Crippen LogP contribution in [0.3, 0.4) is 0 Å². The molecule has 0 unspecified atom stereocenters. The molecule has 186 valence electrons. The lowest BCUT2D eigenvalue weighted by Crippen LogP contribution is -2.42. The Morgan fingerprint density at radius 2 is 1.66 bits per heavy atom. The van der Waals surface area contributed by atoms with Crippen LogP contribution in [0.15, 0.2) is 38.6 Å². The number of hydrogen-bond acceptors (Lipinski definition) is 5. The normalized spacial score (nSPS) is 15.0. The van der Waals surface area contributed by atoms with E-state index in [1.807, 2.05) is 0 Å². The smallest absolute Gasteiger partial charge is 0.332 e. The molecule has 0 saturated carbocycles. The van der Waals surface area contributed by atoms with Gasteiger partial charge in [-0.3, -0.25) is 33.0 Å². The summed E-state index contributed by atoms with van der Waals surface area (Å²) < 4.78 is 3.40. The third kappa shape index (κ3) is 4.73. The largest absolute Gasteiger partial charge is 0.352 e. The van der Waals surface area contributed by atoms with E-state index in [0.717, 1.165) is 37.0 Å². The number of hydrogen-bond donors (Lipinski definition) is 1. The second-order valence-corrected chi connectivity index (χ2v) is 9.72. The number of pyridine rings is 1. The van der Waals surface area contributed by atoms with Gasteiger partial charge in [-0.1, -0.05) is 23.8 Å². The third-order valence-electron chi connectivity index (χ3n) is 7.22. The lowest BCUT2D eigenvalue weighted by Gasteiger charge is -2.32. The number of benzene rings is 1. The number of aromatic nitrogens is 3. The van der Waals surface area contributed by atoms with Crippen molar-refractivity contribution in [1.82, 2.24) is 23.9 Å². The second-order valence-electron chi connectivity index (χ2n) is 9.72. The Labute approximate surface area is 203 Å². The molecule has 0 spiro atoms. The van der Waals surface area contributed by atoms with Crippen molar-refractivity contribution in [3.8, 4) is 0 Å². The van der Waals surface area contributed by atoms with Crippen LogP contribution < -0.4 is 22.1 Å². The summed E-state index contributed by atoms with van der Waals surface area (Å²) in [6.07, 6.45) is 1.91. The molecule has 4 rings (SSSR count). The van der Waals surface area contributed by atoms with Crippen molar-refractivity contribution in [2.75, 3.05) is 19.6 Å². The Morgan fingerprint density at radius 1 is 0.971 bits per heavy atom. The minimum absolute atomic E-state index is 0.00617. The highest BCUT2D eigenvalue weighted by atomic mass is 16.2. The Hall–Kier alpha value is -3.46. The van der Waals surface area contributed by atoms with Crippen LogP contribution in [0.2, 0.25) is 0 Å². The van der Waals surface area contributed by atoms with Gasteiger partial charge in [0.15, 0.2) is 0 Å². The van der Waals surface area contributed by atoms with Crippen molar-refractivity contribution >= 4 is 16.9 Å². The maximum atomic E-state index is 13.1. The van der Waals surface area contributed by atoms with Gasteiger partial charge in [0.25, 0.3) is 17.0 Å². The van der Waals surface area contributed by atoms with Crippen LogP contribution in [-0.4, -0.2) is 44.1 Å². The van der Waals surface area contributed by atoms with Gasteiger partial charge in [-0.15, -0.1) is 0 Å². The molecule has 1 saturated heterocycles. The molecule has 9 nitrogen and oxygen atoms in total. The molecule has 1 fully saturated rings. The predicted octanol–water partition coefficient (Wildman–Crippen LogP) is 1.19. The van der Waals surface area contributed by atoms with Gasteiger partial charge in [0.05, 0.1) is 10.9 Å². The fourth-order valence-corrected chi connectivity index (χ4v) is 4.93. The molecular formula is C26H33N5O4. The molecule has 3 aromatic rings. The summed E-state index contributed by atoms with van der Waals surface area (Å²) >= 11 is 0. The molecule has 0 radical (unpaired) electrons. The van der Waals surface area contributed by atoms with Gasteiger partial charge in [0.2, 0.25) is 0 Å². The summed E-state index contributed by atoms with van der Waals surface area (Å²) in [5.74, 6) is -0.153. The third-order valence-corrected chi connectivity index (χ3v) is 7.22. The zero-order chi connectivity index (χ0) is 25.4. The van der Waals surface area contributed by atoms with Gasteiger partial charge in [-0.2, -0.15) is 0 Å². The molecule has 1 aromatic carbocycles. The van der Waals surface area contributed by atoms with Gasteiger partial charge in [-0.05, 0) is 56.8 Å². The topological polar surface area (TPSA) is 98.3 Å². The first-order valence-electron chi connectivity index (χ1n) is 11.9. The molecule has 0 bridgehead atoms. The van der Waals surface area contributed by atoms with Crippen molar-refractivity contribution in [3.63, 3.8) is 0 Å². The quantitative estimate of drug-likeness (QED) is 0.593. The molecular weight excluding hydrogens is 446 g/mol. The van der Waals surface area contributed by atoms with Crippen LogP contribution >= 0.6 is 0 Å². The van der Waals surface area contributed by atoms with E-state index in [-0.39, 0.29) is 16.6 Å². The van der Waals surface area contributed by atoms with E-state index in [1.54, 1.807) is 0 Å². The number of aryl methyl sites for hydroxylation is 4. The summed E-state index contributed by atoms with van der Waals surface area (Å²) in [5.41, 5.74) is 2.46. The van der Waals surface area contributed by atoms with Crippen LogP contribution in [0.25, 0.3) is 11.0 Å². The molecule has 1 N–H and O–H groups in total. The second kappa shape index (κ2) is 9.65.